The average Bonchev–Trinajstić information content (AvgIpc) is 2.94. The molecule has 0 spiro atoms. The Morgan fingerprint density at radius 2 is 2.17 bits per heavy atom. The topological polar surface area (TPSA) is 64.5 Å². The van der Waals surface area contributed by atoms with Crippen LogP contribution in [0.3, 0.4) is 0 Å². The molecule has 120 valence electrons. The summed E-state index contributed by atoms with van der Waals surface area (Å²) in [6, 6.07) is 5.28. The van der Waals surface area contributed by atoms with Crippen LogP contribution in [0.1, 0.15) is 11.1 Å². The first-order valence-corrected chi connectivity index (χ1v) is 7.48. The highest BCUT2D eigenvalue weighted by Crippen LogP contribution is 2.36. The number of hydrogen-bond acceptors (Lipinski definition) is 6. The highest BCUT2D eigenvalue weighted by Gasteiger charge is 2.33. The normalized spacial score (nSPS) is 16.1. The molecular weight excluding hydrogens is 318 g/mol. The minimum atomic E-state index is -0.314. The zero-order chi connectivity index (χ0) is 16.4. The number of ether oxygens (including phenoxy) is 2. The van der Waals surface area contributed by atoms with Crippen LogP contribution >= 0.6 is 11.6 Å². The Bertz CT molecular complexity index is 739. The second-order valence-electron chi connectivity index (χ2n) is 5.18. The van der Waals surface area contributed by atoms with Crippen LogP contribution in [0.25, 0.3) is 0 Å². The van der Waals surface area contributed by atoms with E-state index in [0.717, 1.165) is 17.4 Å². The molecule has 7 heteroatoms. The van der Waals surface area contributed by atoms with E-state index in [-0.39, 0.29) is 6.04 Å². The molecule has 2 heterocycles. The minimum Gasteiger partial charge on any atom is -0.497 e. The van der Waals surface area contributed by atoms with Crippen molar-refractivity contribution < 1.29 is 14.3 Å². The first-order chi connectivity index (χ1) is 11.2. The first kappa shape index (κ1) is 15.6. The molecule has 23 heavy (non-hydrogen) atoms. The molecular formula is C16H16ClN3O3. The van der Waals surface area contributed by atoms with Gasteiger partial charge in [-0.3, -0.25) is 0 Å². The number of nitrogens with zero attached hydrogens (tertiary/aromatic N) is 3. The van der Waals surface area contributed by atoms with Gasteiger partial charge in [0.1, 0.15) is 35.1 Å². The third-order valence-corrected chi connectivity index (χ3v) is 4.27. The van der Waals surface area contributed by atoms with Gasteiger partial charge in [-0.15, -0.1) is 0 Å². The predicted octanol–water partition coefficient (Wildman–Crippen LogP) is 2.28. The van der Waals surface area contributed by atoms with Crippen LogP contribution < -0.4 is 14.4 Å². The van der Waals surface area contributed by atoms with E-state index in [2.05, 4.69) is 9.97 Å². The molecule has 1 aromatic carbocycles. The maximum Gasteiger partial charge on any atom is 0.142 e. The lowest BCUT2D eigenvalue weighted by Gasteiger charge is -2.24. The summed E-state index contributed by atoms with van der Waals surface area (Å²) in [6.07, 6.45) is 2.83. The smallest absolute Gasteiger partial charge is 0.142 e. The van der Waals surface area contributed by atoms with Crippen LogP contribution in [0.2, 0.25) is 5.15 Å². The predicted molar refractivity (Wildman–Crippen MR) is 86.3 cm³/mol. The van der Waals surface area contributed by atoms with E-state index in [9.17, 15) is 4.79 Å². The third kappa shape index (κ3) is 2.82. The summed E-state index contributed by atoms with van der Waals surface area (Å²) in [7, 11) is 3.21. The Morgan fingerprint density at radius 1 is 1.35 bits per heavy atom. The van der Waals surface area contributed by atoms with Gasteiger partial charge in [-0.25, -0.2) is 9.97 Å². The van der Waals surface area contributed by atoms with Crippen LogP contribution in [-0.4, -0.2) is 36.5 Å². The van der Waals surface area contributed by atoms with Gasteiger partial charge in [-0.05, 0) is 12.1 Å². The van der Waals surface area contributed by atoms with Crippen molar-refractivity contribution in [1.29, 1.82) is 0 Å². The number of anilines is 1. The fourth-order valence-electron chi connectivity index (χ4n) is 2.76. The van der Waals surface area contributed by atoms with E-state index in [1.165, 1.54) is 6.33 Å². The number of methoxy groups -OCH3 is 2. The van der Waals surface area contributed by atoms with Crippen molar-refractivity contribution in [3.05, 3.63) is 40.8 Å². The van der Waals surface area contributed by atoms with Crippen molar-refractivity contribution in [2.75, 3.05) is 19.1 Å². The van der Waals surface area contributed by atoms with Gasteiger partial charge in [0.15, 0.2) is 0 Å². The van der Waals surface area contributed by atoms with Crippen LogP contribution in [0, 0.1) is 0 Å². The lowest BCUT2D eigenvalue weighted by atomic mass is 10.1. The Hall–Kier alpha value is -2.34. The number of hydrogen-bond donors (Lipinski definition) is 0. The van der Waals surface area contributed by atoms with Crippen molar-refractivity contribution in [2.24, 2.45) is 0 Å². The lowest BCUT2D eigenvalue weighted by molar-refractivity contribution is -0.108. The number of carbonyl (C=O) groups is 1. The first-order valence-electron chi connectivity index (χ1n) is 7.10. The number of benzene rings is 1. The van der Waals surface area contributed by atoms with Gasteiger partial charge in [-0.1, -0.05) is 11.6 Å². The van der Waals surface area contributed by atoms with Crippen molar-refractivity contribution >= 4 is 23.7 Å². The van der Waals surface area contributed by atoms with E-state index in [0.29, 0.717) is 35.4 Å². The largest absolute Gasteiger partial charge is 0.497 e. The van der Waals surface area contributed by atoms with E-state index in [1.54, 1.807) is 14.2 Å². The van der Waals surface area contributed by atoms with Gasteiger partial charge < -0.3 is 19.2 Å². The SMILES string of the molecule is COc1ccc(CN2c3ncnc(Cl)c3CC2C=O)c(OC)c1. The molecule has 0 bridgehead atoms. The maximum atomic E-state index is 11.5. The fraction of sp³-hybridized carbons (Fsp3) is 0.312. The molecule has 0 N–H and O–H groups in total. The highest BCUT2D eigenvalue weighted by molar-refractivity contribution is 6.30. The summed E-state index contributed by atoms with van der Waals surface area (Å²) in [5.74, 6) is 2.10. The molecule has 1 atom stereocenters. The summed E-state index contributed by atoms with van der Waals surface area (Å²) in [6.45, 7) is 0.483. The molecule has 0 saturated heterocycles. The summed E-state index contributed by atoms with van der Waals surface area (Å²) < 4.78 is 10.6. The standard InChI is InChI=1S/C16H16ClN3O3/c1-22-12-4-3-10(14(6-12)23-2)7-20-11(8-21)5-13-15(17)18-9-19-16(13)20/h3-4,6,8-9,11H,5,7H2,1-2H3. The Balaban J connectivity index is 1.96. The summed E-state index contributed by atoms with van der Waals surface area (Å²) >= 11 is 6.12. The minimum absolute atomic E-state index is 0.314. The van der Waals surface area contributed by atoms with Crippen LogP contribution in [0.15, 0.2) is 24.5 Å². The number of fused-ring (bicyclic) bond motifs is 1. The molecule has 0 aliphatic carbocycles. The maximum absolute atomic E-state index is 11.5. The Labute approximate surface area is 139 Å². The molecule has 1 aliphatic heterocycles. The van der Waals surface area contributed by atoms with Gasteiger partial charge >= 0.3 is 0 Å². The molecule has 1 aromatic heterocycles. The van der Waals surface area contributed by atoms with Crippen LogP contribution in [0.5, 0.6) is 11.5 Å². The molecule has 0 amide bonds. The molecule has 0 fully saturated rings. The van der Waals surface area contributed by atoms with Gasteiger partial charge in [0.25, 0.3) is 0 Å². The number of aromatic nitrogens is 2. The zero-order valence-corrected chi connectivity index (χ0v) is 13.6. The quantitative estimate of drug-likeness (QED) is 0.618. The zero-order valence-electron chi connectivity index (χ0n) is 12.8. The van der Waals surface area contributed by atoms with Gasteiger partial charge in [0.05, 0.1) is 20.3 Å². The van der Waals surface area contributed by atoms with Crippen molar-refractivity contribution in [3.63, 3.8) is 0 Å². The van der Waals surface area contributed by atoms with Crippen LogP contribution in [0.4, 0.5) is 5.82 Å². The molecule has 0 radical (unpaired) electrons. The molecule has 1 aliphatic rings. The van der Waals surface area contributed by atoms with E-state index < -0.39 is 0 Å². The van der Waals surface area contributed by atoms with Crippen molar-refractivity contribution in [3.8, 4) is 11.5 Å². The third-order valence-electron chi connectivity index (χ3n) is 3.95. The van der Waals surface area contributed by atoms with Gasteiger partial charge in [-0.2, -0.15) is 0 Å². The summed E-state index contributed by atoms with van der Waals surface area (Å²) in [5, 5.41) is 0.394. The second kappa shape index (κ2) is 6.42. The molecule has 0 saturated carbocycles. The Kier molecular flexibility index (Phi) is 4.34. The molecule has 1 unspecified atom stereocenters. The van der Waals surface area contributed by atoms with Gasteiger partial charge in [0.2, 0.25) is 0 Å². The van der Waals surface area contributed by atoms with E-state index >= 15 is 0 Å². The van der Waals surface area contributed by atoms with Gasteiger partial charge in [0, 0.05) is 30.2 Å². The van der Waals surface area contributed by atoms with E-state index in [1.807, 2.05) is 23.1 Å². The number of carbonyl (C=O) groups excluding carboxylic acids is 1. The van der Waals surface area contributed by atoms with E-state index in [4.69, 9.17) is 21.1 Å². The fourth-order valence-corrected chi connectivity index (χ4v) is 2.97. The number of aldehydes is 1. The second-order valence-corrected chi connectivity index (χ2v) is 5.54. The van der Waals surface area contributed by atoms with Crippen molar-refractivity contribution in [1.82, 2.24) is 9.97 Å². The molecule has 6 nitrogen and oxygen atoms in total. The monoisotopic (exact) mass is 333 g/mol. The average molecular weight is 334 g/mol. The highest BCUT2D eigenvalue weighted by atomic mass is 35.5. The van der Waals surface area contributed by atoms with Crippen molar-refractivity contribution in [2.45, 2.75) is 19.0 Å². The molecule has 2 aromatic rings. The lowest BCUT2D eigenvalue weighted by Crippen LogP contribution is -2.33. The number of rotatable bonds is 5. The summed E-state index contributed by atoms with van der Waals surface area (Å²) in [5.41, 5.74) is 1.74. The summed E-state index contributed by atoms with van der Waals surface area (Å²) in [4.78, 5) is 21.7. The molecule has 3 rings (SSSR count). The van der Waals surface area contributed by atoms with Crippen LogP contribution in [-0.2, 0) is 17.8 Å². The number of halogens is 1. The Morgan fingerprint density at radius 3 is 2.87 bits per heavy atom.